The molecule has 0 saturated heterocycles. The van der Waals surface area contributed by atoms with Gasteiger partial charge in [-0.1, -0.05) is 11.6 Å². The fraction of sp³-hybridized carbons (Fsp3) is 0.0667. The van der Waals surface area contributed by atoms with Crippen LogP contribution in [-0.2, 0) is 0 Å². The van der Waals surface area contributed by atoms with Crippen LogP contribution in [0.5, 0.6) is 5.75 Å². The largest absolute Gasteiger partial charge is 0.495 e. The molecule has 2 heterocycles. The number of hydrogen-bond donors (Lipinski definition) is 1. The Morgan fingerprint density at radius 1 is 1.29 bits per heavy atom. The van der Waals surface area contributed by atoms with Gasteiger partial charge in [0.1, 0.15) is 11.6 Å². The molecule has 0 aliphatic heterocycles. The Kier molecular flexibility index (Phi) is 3.50. The molecule has 0 aliphatic carbocycles. The molecule has 2 aromatic heterocycles. The zero-order valence-electron chi connectivity index (χ0n) is 11.3. The Balaban J connectivity index is 2.11. The number of anilines is 1. The number of aromatic nitrogens is 3. The molecule has 21 heavy (non-hydrogen) atoms. The highest BCUT2D eigenvalue weighted by Crippen LogP contribution is 2.30. The summed E-state index contributed by atoms with van der Waals surface area (Å²) in [7, 11) is 1.58. The van der Waals surface area contributed by atoms with Crippen LogP contribution in [0.1, 0.15) is 0 Å². The van der Waals surface area contributed by atoms with Gasteiger partial charge in [-0.2, -0.15) is 0 Å². The number of methoxy groups -OCH3 is 1. The van der Waals surface area contributed by atoms with Crippen LogP contribution in [0.2, 0.25) is 5.02 Å². The number of hydrogen-bond acceptors (Lipinski definition) is 4. The van der Waals surface area contributed by atoms with Crippen molar-refractivity contribution < 1.29 is 4.74 Å². The Morgan fingerprint density at radius 3 is 2.86 bits per heavy atom. The lowest BCUT2D eigenvalue weighted by atomic mass is 10.2. The van der Waals surface area contributed by atoms with Crippen LogP contribution in [0.3, 0.4) is 0 Å². The Bertz CT molecular complexity index is 785. The average Bonchev–Trinajstić information content (AvgIpc) is 2.97. The lowest BCUT2D eigenvalue weighted by Gasteiger charge is -2.11. The van der Waals surface area contributed by atoms with E-state index in [9.17, 15) is 0 Å². The van der Waals surface area contributed by atoms with E-state index in [1.165, 1.54) is 0 Å². The molecular weight excluding hydrogens is 288 g/mol. The summed E-state index contributed by atoms with van der Waals surface area (Å²) in [6.45, 7) is 0. The summed E-state index contributed by atoms with van der Waals surface area (Å²) in [5.41, 5.74) is 8.48. The number of ether oxygens (including phenoxy) is 1. The number of nitrogen functional groups attached to an aromatic ring is 1. The minimum atomic E-state index is 0.457. The number of halogens is 1. The highest BCUT2D eigenvalue weighted by molar-refractivity contribution is 6.32. The van der Waals surface area contributed by atoms with Crippen LogP contribution in [0.4, 0.5) is 5.82 Å². The Hall–Kier alpha value is -2.53. The summed E-state index contributed by atoms with van der Waals surface area (Å²) in [4.78, 5) is 8.30. The number of nitrogens with zero attached hydrogens (tertiary/aromatic N) is 3. The Morgan fingerprint density at radius 2 is 2.14 bits per heavy atom. The summed E-state index contributed by atoms with van der Waals surface area (Å²) < 4.78 is 7.07. The van der Waals surface area contributed by atoms with E-state index in [0.29, 0.717) is 16.6 Å². The number of nitrogens with two attached hydrogens (primary N) is 1. The molecular formula is C15H13ClN4O. The van der Waals surface area contributed by atoms with Gasteiger partial charge < -0.3 is 10.5 Å². The van der Waals surface area contributed by atoms with Crippen molar-refractivity contribution in [2.45, 2.75) is 0 Å². The van der Waals surface area contributed by atoms with Crippen molar-refractivity contribution in [1.29, 1.82) is 0 Å². The van der Waals surface area contributed by atoms with Crippen LogP contribution < -0.4 is 10.5 Å². The van der Waals surface area contributed by atoms with E-state index in [-0.39, 0.29) is 0 Å². The zero-order valence-corrected chi connectivity index (χ0v) is 12.1. The zero-order chi connectivity index (χ0) is 14.8. The molecule has 0 spiro atoms. The minimum absolute atomic E-state index is 0.457. The lowest BCUT2D eigenvalue weighted by Crippen LogP contribution is -1.99. The molecule has 0 saturated carbocycles. The van der Waals surface area contributed by atoms with Gasteiger partial charge in [-0.15, -0.1) is 0 Å². The predicted octanol–water partition coefficient (Wildman–Crippen LogP) is 3.18. The maximum absolute atomic E-state index is 6.18. The first-order valence-corrected chi connectivity index (χ1v) is 6.65. The quantitative estimate of drug-likeness (QED) is 0.807. The van der Waals surface area contributed by atoms with Gasteiger partial charge in [-0.25, -0.2) is 9.97 Å². The van der Waals surface area contributed by atoms with E-state index in [1.54, 1.807) is 25.8 Å². The van der Waals surface area contributed by atoms with Crippen molar-refractivity contribution in [1.82, 2.24) is 14.5 Å². The minimum Gasteiger partial charge on any atom is -0.495 e. The first-order valence-electron chi connectivity index (χ1n) is 6.28. The SMILES string of the molecule is COc1ccc(-n2cncc2-c2cccnc2N)cc1Cl. The summed E-state index contributed by atoms with van der Waals surface area (Å²) >= 11 is 6.18. The predicted molar refractivity (Wildman–Crippen MR) is 82.8 cm³/mol. The molecule has 0 unspecified atom stereocenters. The fourth-order valence-corrected chi connectivity index (χ4v) is 2.39. The van der Waals surface area contributed by atoms with Gasteiger partial charge in [0.25, 0.3) is 0 Å². The van der Waals surface area contributed by atoms with E-state index in [4.69, 9.17) is 22.1 Å². The van der Waals surface area contributed by atoms with Crippen LogP contribution in [0.15, 0.2) is 49.1 Å². The molecule has 0 amide bonds. The number of benzene rings is 1. The lowest BCUT2D eigenvalue weighted by molar-refractivity contribution is 0.415. The van der Waals surface area contributed by atoms with Gasteiger partial charge in [-0.05, 0) is 30.3 Å². The van der Waals surface area contributed by atoms with E-state index < -0.39 is 0 Å². The third kappa shape index (κ3) is 2.43. The molecule has 0 bridgehead atoms. The number of imidazole rings is 1. The smallest absolute Gasteiger partial charge is 0.137 e. The van der Waals surface area contributed by atoms with Crippen molar-refractivity contribution >= 4 is 17.4 Å². The molecule has 106 valence electrons. The highest BCUT2D eigenvalue weighted by Gasteiger charge is 2.11. The van der Waals surface area contributed by atoms with Crippen molar-refractivity contribution in [3.8, 4) is 22.7 Å². The molecule has 2 N–H and O–H groups in total. The van der Waals surface area contributed by atoms with E-state index in [0.717, 1.165) is 16.9 Å². The van der Waals surface area contributed by atoms with Crippen LogP contribution in [0.25, 0.3) is 16.9 Å². The summed E-state index contributed by atoms with van der Waals surface area (Å²) in [6.07, 6.45) is 5.11. The van der Waals surface area contributed by atoms with Crippen LogP contribution in [-0.4, -0.2) is 21.6 Å². The standard InChI is InChI=1S/C15H13ClN4O/c1-21-14-5-4-10(7-12(14)16)20-9-18-8-13(20)11-3-2-6-19-15(11)17/h2-9H,1H3,(H2,17,19). The average molecular weight is 301 g/mol. The normalized spacial score (nSPS) is 10.6. The topological polar surface area (TPSA) is 66.0 Å². The van der Waals surface area contributed by atoms with Crippen LogP contribution >= 0.6 is 11.6 Å². The van der Waals surface area contributed by atoms with Crippen molar-refractivity contribution in [2.75, 3.05) is 12.8 Å². The molecule has 3 aromatic rings. The first-order chi connectivity index (χ1) is 10.2. The van der Waals surface area contributed by atoms with Crippen molar-refractivity contribution in [3.05, 3.63) is 54.1 Å². The second kappa shape index (κ2) is 5.46. The van der Waals surface area contributed by atoms with E-state index in [2.05, 4.69) is 9.97 Å². The number of rotatable bonds is 3. The maximum atomic E-state index is 6.18. The van der Waals surface area contributed by atoms with Crippen LogP contribution in [0, 0.1) is 0 Å². The summed E-state index contributed by atoms with van der Waals surface area (Å²) in [6, 6.07) is 9.28. The van der Waals surface area contributed by atoms with Crippen molar-refractivity contribution in [2.24, 2.45) is 0 Å². The molecule has 3 rings (SSSR count). The highest BCUT2D eigenvalue weighted by atomic mass is 35.5. The maximum Gasteiger partial charge on any atom is 0.137 e. The molecule has 0 atom stereocenters. The monoisotopic (exact) mass is 300 g/mol. The van der Waals surface area contributed by atoms with Crippen molar-refractivity contribution in [3.63, 3.8) is 0 Å². The molecule has 0 fully saturated rings. The van der Waals surface area contributed by atoms with Gasteiger partial charge in [0.15, 0.2) is 0 Å². The second-order valence-electron chi connectivity index (χ2n) is 4.40. The first kappa shape index (κ1) is 13.5. The van der Waals surface area contributed by atoms with E-state index >= 15 is 0 Å². The van der Waals surface area contributed by atoms with Gasteiger partial charge in [0, 0.05) is 17.4 Å². The number of pyridine rings is 1. The molecule has 6 heteroatoms. The van der Waals surface area contributed by atoms with Gasteiger partial charge in [0.05, 0.1) is 30.4 Å². The second-order valence-corrected chi connectivity index (χ2v) is 4.81. The van der Waals surface area contributed by atoms with Gasteiger partial charge >= 0.3 is 0 Å². The third-order valence-corrected chi connectivity index (χ3v) is 3.46. The van der Waals surface area contributed by atoms with E-state index in [1.807, 2.05) is 34.9 Å². The molecule has 1 aromatic carbocycles. The molecule has 0 radical (unpaired) electrons. The van der Waals surface area contributed by atoms with Gasteiger partial charge in [0.2, 0.25) is 0 Å². The molecule has 5 nitrogen and oxygen atoms in total. The fourth-order valence-electron chi connectivity index (χ4n) is 2.14. The molecule has 0 aliphatic rings. The summed E-state index contributed by atoms with van der Waals surface area (Å²) in [5, 5.41) is 0.536. The Labute approximate surface area is 127 Å². The third-order valence-electron chi connectivity index (χ3n) is 3.17. The summed E-state index contributed by atoms with van der Waals surface area (Å²) in [5.74, 6) is 1.09. The van der Waals surface area contributed by atoms with Gasteiger partial charge in [-0.3, -0.25) is 4.57 Å².